The van der Waals surface area contributed by atoms with Gasteiger partial charge in [-0.1, -0.05) is 0 Å². The van der Waals surface area contributed by atoms with Crippen LogP contribution in [0.3, 0.4) is 0 Å². The molecule has 1 aromatic heterocycles. The summed E-state index contributed by atoms with van der Waals surface area (Å²) < 4.78 is 27.8. The van der Waals surface area contributed by atoms with Crippen molar-refractivity contribution in [2.45, 2.75) is 11.4 Å². The summed E-state index contributed by atoms with van der Waals surface area (Å²) in [5.74, 6) is 0.739. The molecule has 2 aromatic rings. The van der Waals surface area contributed by atoms with Crippen LogP contribution < -0.4 is 10.0 Å². The molecule has 1 aromatic carbocycles. The molecule has 3 rings (SSSR count). The highest BCUT2D eigenvalue weighted by Crippen LogP contribution is 2.20. The Balaban J connectivity index is 1.76. The molecule has 0 aliphatic carbocycles. The molecule has 1 aliphatic rings. The number of nitrogens with zero attached hydrogens (tertiary/aromatic N) is 3. The fourth-order valence-electron chi connectivity index (χ4n) is 2.60. The highest BCUT2D eigenvalue weighted by molar-refractivity contribution is 7.89. The van der Waals surface area contributed by atoms with Crippen molar-refractivity contribution in [3.05, 3.63) is 36.7 Å². The monoisotopic (exact) mass is 349 g/mol. The van der Waals surface area contributed by atoms with Gasteiger partial charge in [0.1, 0.15) is 5.82 Å². The molecule has 0 radical (unpaired) electrons. The Labute approximate surface area is 140 Å². The Morgan fingerprint density at radius 1 is 1.25 bits per heavy atom. The number of benzene rings is 1. The number of hydrogen-bond donors (Lipinski definition) is 2. The fraction of sp³-hybridized carbons (Fsp3) is 0.333. The number of imidazole rings is 1. The zero-order valence-electron chi connectivity index (χ0n) is 13.3. The van der Waals surface area contributed by atoms with Crippen LogP contribution in [-0.4, -0.2) is 55.6 Å². The molecule has 2 amide bonds. The van der Waals surface area contributed by atoms with Crippen LogP contribution in [0.5, 0.6) is 0 Å². The van der Waals surface area contributed by atoms with Crippen LogP contribution in [0.1, 0.15) is 0 Å². The van der Waals surface area contributed by atoms with E-state index >= 15 is 0 Å². The van der Waals surface area contributed by atoms with Gasteiger partial charge >= 0.3 is 6.03 Å². The minimum Gasteiger partial charge on any atom is -0.336 e. The molecule has 0 atom stereocenters. The van der Waals surface area contributed by atoms with E-state index in [1.165, 1.54) is 7.05 Å². The normalized spacial score (nSPS) is 14.9. The van der Waals surface area contributed by atoms with Crippen LogP contribution in [0.4, 0.5) is 4.79 Å². The van der Waals surface area contributed by atoms with Crippen molar-refractivity contribution < 1.29 is 13.2 Å². The third-order valence-corrected chi connectivity index (χ3v) is 5.39. The molecule has 0 spiro atoms. The summed E-state index contributed by atoms with van der Waals surface area (Å²) in [5.41, 5.74) is 0.820. The van der Waals surface area contributed by atoms with Gasteiger partial charge in [0.25, 0.3) is 0 Å². The smallest absolute Gasteiger partial charge is 0.317 e. The van der Waals surface area contributed by atoms with Crippen molar-refractivity contribution in [1.82, 2.24) is 24.5 Å². The van der Waals surface area contributed by atoms with E-state index in [9.17, 15) is 13.2 Å². The summed E-state index contributed by atoms with van der Waals surface area (Å²) in [7, 11) is -2.07. The van der Waals surface area contributed by atoms with E-state index in [-0.39, 0.29) is 10.9 Å². The van der Waals surface area contributed by atoms with Gasteiger partial charge in [-0.05, 0) is 31.3 Å². The van der Waals surface area contributed by atoms with Gasteiger partial charge in [0.2, 0.25) is 10.0 Å². The van der Waals surface area contributed by atoms with Crippen molar-refractivity contribution >= 4 is 16.1 Å². The third-order valence-electron chi connectivity index (χ3n) is 3.96. The molecule has 24 heavy (non-hydrogen) atoms. The van der Waals surface area contributed by atoms with Crippen molar-refractivity contribution in [3.63, 3.8) is 0 Å². The maximum absolute atomic E-state index is 11.8. The highest BCUT2D eigenvalue weighted by atomic mass is 32.2. The molecule has 1 saturated heterocycles. The van der Waals surface area contributed by atoms with E-state index in [2.05, 4.69) is 15.0 Å². The van der Waals surface area contributed by atoms with Crippen molar-refractivity contribution in [1.29, 1.82) is 0 Å². The van der Waals surface area contributed by atoms with Crippen LogP contribution in [0, 0.1) is 0 Å². The molecule has 0 saturated carbocycles. The Morgan fingerprint density at radius 3 is 2.62 bits per heavy atom. The molecule has 2 N–H and O–H groups in total. The number of sulfonamides is 1. The Morgan fingerprint density at radius 2 is 2.00 bits per heavy atom. The Bertz CT molecular complexity index is 829. The predicted octanol–water partition coefficient (Wildman–Crippen LogP) is 0.483. The Kier molecular flexibility index (Phi) is 4.54. The maximum atomic E-state index is 11.8. The van der Waals surface area contributed by atoms with E-state index in [0.29, 0.717) is 26.2 Å². The molecule has 1 fully saturated rings. The summed E-state index contributed by atoms with van der Waals surface area (Å²) in [6.45, 7) is 2.61. The zero-order chi connectivity index (χ0) is 17.2. The first-order chi connectivity index (χ1) is 11.5. The van der Waals surface area contributed by atoms with E-state index in [1.807, 2.05) is 10.8 Å². The van der Waals surface area contributed by atoms with Crippen LogP contribution in [0.25, 0.3) is 11.4 Å². The summed E-state index contributed by atoms with van der Waals surface area (Å²) in [5, 5.41) is 2.77. The lowest BCUT2D eigenvalue weighted by atomic mass is 10.2. The maximum Gasteiger partial charge on any atom is 0.317 e. The van der Waals surface area contributed by atoms with Crippen LogP contribution in [0.15, 0.2) is 41.6 Å². The second-order valence-electron chi connectivity index (χ2n) is 5.40. The number of urea groups is 1. The zero-order valence-corrected chi connectivity index (χ0v) is 14.1. The van der Waals surface area contributed by atoms with E-state index in [1.54, 1.807) is 35.4 Å². The molecular weight excluding hydrogens is 330 g/mol. The summed E-state index contributed by atoms with van der Waals surface area (Å²) in [6, 6.07) is 6.51. The molecule has 9 heteroatoms. The molecular formula is C15H19N5O3S. The summed E-state index contributed by atoms with van der Waals surface area (Å²) >= 11 is 0. The van der Waals surface area contributed by atoms with Gasteiger partial charge in [-0.25, -0.2) is 22.9 Å². The molecule has 2 heterocycles. The average molecular weight is 349 g/mol. The summed E-state index contributed by atoms with van der Waals surface area (Å²) in [6.07, 6.45) is 3.54. The number of amides is 2. The predicted molar refractivity (Wildman–Crippen MR) is 88.9 cm³/mol. The number of nitrogens with one attached hydrogen (secondary N) is 2. The van der Waals surface area contributed by atoms with Gasteiger partial charge in [0.15, 0.2) is 0 Å². The van der Waals surface area contributed by atoms with Crippen molar-refractivity contribution in [2.24, 2.45) is 0 Å². The number of carbonyl (C=O) groups is 1. The summed E-state index contributed by atoms with van der Waals surface area (Å²) in [4.78, 5) is 17.9. The van der Waals surface area contributed by atoms with Gasteiger partial charge in [0.05, 0.1) is 4.90 Å². The van der Waals surface area contributed by atoms with Gasteiger partial charge in [-0.15, -0.1) is 0 Å². The molecule has 8 nitrogen and oxygen atoms in total. The topological polar surface area (TPSA) is 96.3 Å². The van der Waals surface area contributed by atoms with E-state index < -0.39 is 10.0 Å². The lowest BCUT2D eigenvalue weighted by molar-refractivity contribution is 0.215. The minimum absolute atomic E-state index is 0.0432. The van der Waals surface area contributed by atoms with Gasteiger partial charge in [-0.2, -0.15) is 0 Å². The number of carbonyl (C=O) groups excluding carboxylic acids is 1. The molecule has 0 unspecified atom stereocenters. The standard InChI is InChI=1S/C15H19N5O3S/c1-16-24(22,23)13-4-2-12(3-5-13)14-17-6-8-19(14)10-11-20-9-7-18-15(20)21/h2-6,8,16H,7,9-11H2,1H3,(H,18,21). The Hall–Kier alpha value is -2.39. The lowest BCUT2D eigenvalue weighted by Gasteiger charge is -2.15. The van der Waals surface area contributed by atoms with Crippen LogP contribution >= 0.6 is 0 Å². The second kappa shape index (κ2) is 6.62. The highest BCUT2D eigenvalue weighted by Gasteiger charge is 2.19. The quantitative estimate of drug-likeness (QED) is 0.793. The van der Waals surface area contributed by atoms with Gasteiger partial charge < -0.3 is 14.8 Å². The van der Waals surface area contributed by atoms with Crippen molar-refractivity contribution in [3.8, 4) is 11.4 Å². The van der Waals surface area contributed by atoms with E-state index in [0.717, 1.165) is 11.4 Å². The number of rotatable bonds is 6. The number of hydrogen-bond acceptors (Lipinski definition) is 4. The average Bonchev–Trinajstić information content (AvgIpc) is 3.21. The minimum atomic E-state index is -3.45. The number of aromatic nitrogens is 2. The second-order valence-corrected chi connectivity index (χ2v) is 7.28. The van der Waals surface area contributed by atoms with Crippen molar-refractivity contribution in [2.75, 3.05) is 26.7 Å². The first kappa shape index (κ1) is 16.5. The first-order valence-electron chi connectivity index (χ1n) is 7.59. The molecule has 0 bridgehead atoms. The fourth-order valence-corrected chi connectivity index (χ4v) is 3.33. The molecule has 1 aliphatic heterocycles. The lowest BCUT2D eigenvalue weighted by Crippen LogP contribution is -2.31. The largest absolute Gasteiger partial charge is 0.336 e. The first-order valence-corrected chi connectivity index (χ1v) is 9.07. The van der Waals surface area contributed by atoms with E-state index in [4.69, 9.17) is 0 Å². The van der Waals surface area contributed by atoms with Gasteiger partial charge in [-0.3, -0.25) is 0 Å². The molecule has 128 valence electrons. The van der Waals surface area contributed by atoms with Gasteiger partial charge in [0, 0.05) is 44.1 Å². The van der Waals surface area contributed by atoms with Crippen LogP contribution in [0.2, 0.25) is 0 Å². The third kappa shape index (κ3) is 3.26. The van der Waals surface area contributed by atoms with Crippen LogP contribution in [-0.2, 0) is 16.6 Å². The SMILES string of the molecule is CNS(=O)(=O)c1ccc(-c2nccn2CCN2CCNC2=O)cc1.